The number of nitrogens with one attached hydrogen (secondary N) is 1. The van der Waals surface area contributed by atoms with Gasteiger partial charge in [-0.05, 0) is 36.2 Å². The third-order valence-electron chi connectivity index (χ3n) is 5.58. The van der Waals surface area contributed by atoms with Crippen LogP contribution in [-0.2, 0) is 21.3 Å². The van der Waals surface area contributed by atoms with E-state index in [1.165, 1.54) is 22.0 Å². The van der Waals surface area contributed by atoms with Crippen LogP contribution in [0.5, 0.6) is 0 Å². The van der Waals surface area contributed by atoms with Gasteiger partial charge in [0.1, 0.15) is 0 Å². The van der Waals surface area contributed by atoms with Gasteiger partial charge in [-0.1, -0.05) is 30.3 Å². The lowest BCUT2D eigenvalue weighted by Gasteiger charge is -2.26. The molecular weight excluding hydrogens is 402 g/mol. The number of likely N-dealkylation sites (tertiary alicyclic amines) is 1. The normalized spacial score (nSPS) is 20.9. The molecule has 0 radical (unpaired) electrons. The summed E-state index contributed by atoms with van der Waals surface area (Å²) in [5.74, 6) is -0.170. The molecule has 2 aromatic rings. The molecule has 0 saturated carbocycles. The Kier molecular flexibility index (Phi) is 6.48. The quantitative estimate of drug-likeness (QED) is 0.756. The van der Waals surface area contributed by atoms with Crippen LogP contribution in [0.4, 0.5) is 0 Å². The number of amides is 1. The Morgan fingerprint density at radius 1 is 1.00 bits per heavy atom. The fourth-order valence-corrected chi connectivity index (χ4v) is 5.33. The Balaban J connectivity index is 1.33. The van der Waals surface area contributed by atoms with Gasteiger partial charge in [0.15, 0.2) is 0 Å². The molecule has 2 aliphatic heterocycles. The van der Waals surface area contributed by atoms with Crippen molar-refractivity contribution in [1.82, 2.24) is 14.5 Å². The largest absolute Gasteiger partial charge is 0.379 e. The number of rotatable bonds is 6. The minimum atomic E-state index is -3.55. The highest BCUT2D eigenvalue weighted by Crippen LogP contribution is 2.18. The van der Waals surface area contributed by atoms with Gasteiger partial charge in [-0.15, -0.1) is 0 Å². The second-order valence-corrected chi connectivity index (χ2v) is 9.66. The standard InChI is InChI=1S/C22H27N3O4S/c26-22(23-20-10-11-24(17-20)16-18-4-2-1-3-5-18)19-6-8-21(9-7-19)30(27,28)25-12-14-29-15-13-25/h1-9,20H,10-17H2,(H,23,26)/t20-/m1/s1. The van der Waals surface area contributed by atoms with Crippen molar-refractivity contribution in [3.05, 3.63) is 65.7 Å². The number of benzene rings is 2. The first kappa shape index (κ1) is 21.0. The Morgan fingerprint density at radius 2 is 1.70 bits per heavy atom. The number of sulfonamides is 1. The number of hydrogen-bond donors (Lipinski definition) is 1. The topological polar surface area (TPSA) is 79.0 Å². The van der Waals surface area contributed by atoms with Crippen LogP contribution in [0.2, 0.25) is 0 Å². The molecule has 2 fully saturated rings. The van der Waals surface area contributed by atoms with E-state index >= 15 is 0 Å². The molecule has 0 bridgehead atoms. The zero-order valence-corrected chi connectivity index (χ0v) is 17.7. The van der Waals surface area contributed by atoms with Crippen molar-refractivity contribution >= 4 is 15.9 Å². The van der Waals surface area contributed by atoms with Crippen LogP contribution in [0.25, 0.3) is 0 Å². The molecule has 7 nitrogen and oxygen atoms in total. The van der Waals surface area contributed by atoms with E-state index in [1.54, 1.807) is 12.1 Å². The molecule has 2 aliphatic rings. The first-order valence-electron chi connectivity index (χ1n) is 10.3. The van der Waals surface area contributed by atoms with Crippen LogP contribution in [0, 0.1) is 0 Å². The van der Waals surface area contributed by atoms with Crippen molar-refractivity contribution < 1.29 is 17.9 Å². The summed E-state index contributed by atoms with van der Waals surface area (Å²) in [6, 6.07) is 16.6. The lowest BCUT2D eigenvalue weighted by molar-refractivity contribution is 0.0730. The molecule has 30 heavy (non-hydrogen) atoms. The minimum Gasteiger partial charge on any atom is -0.379 e. The average Bonchev–Trinajstić information content (AvgIpc) is 3.21. The second kappa shape index (κ2) is 9.26. The van der Waals surface area contributed by atoms with Gasteiger partial charge in [-0.2, -0.15) is 4.31 Å². The fourth-order valence-electron chi connectivity index (χ4n) is 3.92. The van der Waals surface area contributed by atoms with E-state index in [1.807, 2.05) is 18.2 Å². The van der Waals surface area contributed by atoms with E-state index in [0.717, 1.165) is 26.1 Å². The van der Waals surface area contributed by atoms with Crippen molar-refractivity contribution in [1.29, 1.82) is 0 Å². The molecule has 0 unspecified atom stereocenters. The number of morpholine rings is 1. The van der Waals surface area contributed by atoms with Crippen molar-refractivity contribution in [3.63, 3.8) is 0 Å². The smallest absolute Gasteiger partial charge is 0.251 e. The van der Waals surface area contributed by atoms with Crippen molar-refractivity contribution in [2.24, 2.45) is 0 Å². The maximum Gasteiger partial charge on any atom is 0.251 e. The first-order valence-corrected chi connectivity index (χ1v) is 11.7. The second-order valence-electron chi connectivity index (χ2n) is 7.72. The zero-order valence-electron chi connectivity index (χ0n) is 16.9. The van der Waals surface area contributed by atoms with Gasteiger partial charge < -0.3 is 10.1 Å². The van der Waals surface area contributed by atoms with E-state index in [-0.39, 0.29) is 16.8 Å². The molecule has 0 spiro atoms. The van der Waals surface area contributed by atoms with Crippen LogP contribution < -0.4 is 5.32 Å². The summed E-state index contributed by atoms with van der Waals surface area (Å²) >= 11 is 0. The molecule has 2 saturated heterocycles. The molecule has 0 aromatic heterocycles. The molecule has 2 heterocycles. The molecule has 160 valence electrons. The van der Waals surface area contributed by atoms with Crippen molar-refractivity contribution in [2.45, 2.75) is 23.9 Å². The highest BCUT2D eigenvalue weighted by molar-refractivity contribution is 7.89. The minimum absolute atomic E-state index is 0.0953. The molecule has 4 rings (SSSR count). The van der Waals surface area contributed by atoms with Crippen LogP contribution >= 0.6 is 0 Å². The van der Waals surface area contributed by atoms with Crippen molar-refractivity contribution in [3.8, 4) is 0 Å². The predicted octanol–water partition coefficient (Wildman–Crippen LogP) is 1.71. The summed E-state index contributed by atoms with van der Waals surface area (Å²) in [6.07, 6.45) is 0.905. The molecule has 2 aromatic carbocycles. The number of ether oxygens (including phenoxy) is 1. The fraction of sp³-hybridized carbons (Fsp3) is 0.409. The van der Waals surface area contributed by atoms with E-state index in [4.69, 9.17) is 4.74 Å². The highest BCUT2D eigenvalue weighted by atomic mass is 32.2. The predicted molar refractivity (Wildman–Crippen MR) is 114 cm³/mol. The molecule has 1 amide bonds. The Morgan fingerprint density at radius 3 is 2.40 bits per heavy atom. The Bertz CT molecular complexity index is 958. The van der Waals surface area contributed by atoms with Gasteiger partial charge in [0.25, 0.3) is 5.91 Å². The summed E-state index contributed by atoms with van der Waals surface area (Å²) in [5.41, 5.74) is 1.74. The Labute approximate surface area is 177 Å². The summed E-state index contributed by atoms with van der Waals surface area (Å²) in [5, 5.41) is 3.08. The number of carbonyl (C=O) groups excluding carboxylic acids is 1. The summed E-state index contributed by atoms with van der Waals surface area (Å²) in [7, 11) is -3.55. The summed E-state index contributed by atoms with van der Waals surface area (Å²) < 4.78 is 32.0. The van der Waals surface area contributed by atoms with E-state index in [9.17, 15) is 13.2 Å². The van der Waals surface area contributed by atoms with Gasteiger partial charge in [-0.25, -0.2) is 8.42 Å². The Hall–Kier alpha value is -2.26. The van der Waals surface area contributed by atoms with Crippen LogP contribution in [0.15, 0.2) is 59.5 Å². The van der Waals surface area contributed by atoms with Crippen LogP contribution in [-0.4, -0.2) is 69.0 Å². The summed E-state index contributed by atoms with van der Waals surface area (Å²) in [6.45, 7) is 4.14. The lowest BCUT2D eigenvalue weighted by Crippen LogP contribution is -2.40. The van der Waals surface area contributed by atoms with Crippen LogP contribution in [0.3, 0.4) is 0 Å². The maximum atomic E-state index is 12.7. The van der Waals surface area contributed by atoms with Gasteiger partial charge in [0.2, 0.25) is 10.0 Å². The molecule has 0 aliphatic carbocycles. The third kappa shape index (κ3) is 4.89. The lowest BCUT2D eigenvalue weighted by atomic mass is 10.2. The molecular formula is C22H27N3O4S. The van der Waals surface area contributed by atoms with Gasteiger partial charge in [0, 0.05) is 44.3 Å². The number of hydrogen-bond acceptors (Lipinski definition) is 5. The maximum absolute atomic E-state index is 12.7. The van der Waals surface area contributed by atoms with Crippen molar-refractivity contribution in [2.75, 3.05) is 39.4 Å². The number of nitrogens with zero attached hydrogens (tertiary/aromatic N) is 2. The highest BCUT2D eigenvalue weighted by Gasteiger charge is 2.27. The van der Waals surface area contributed by atoms with Crippen LogP contribution in [0.1, 0.15) is 22.3 Å². The van der Waals surface area contributed by atoms with Gasteiger partial charge >= 0.3 is 0 Å². The average molecular weight is 430 g/mol. The SMILES string of the molecule is O=C(N[C@@H]1CCN(Cc2ccccc2)C1)c1ccc(S(=O)(=O)N2CCOCC2)cc1. The first-order chi connectivity index (χ1) is 14.5. The van der Waals surface area contributed by atoms with E-state index in [0.29, 0.717) is 31.9 Å². The van der Waals surface area contributed by atoms with Gasteiger partial charge in [-0.3, -0.25) is 9.69 Å². The zero-order chi connectivity index (χ0) is 21.0. The van der Waals surface area contributed by atoms with Gasteiger partial charge in [0.05, 0.1) is 18.1 Å². The molecule has 1 atom stereocenters. The van der Waals surface area contributed by atoms with E-state index in [2.05, 4.69) is 22.3 Å². The van der Waals surface area contributed by atoms with E-state index < -0.39 is 10.0 Å². The summed E-state index contributed by atoms with van der Waals surface area (Å²) in [4.78, 5) is 15.2. The number of carbonyl (C=O) groups is 1. The molecule has 8 heteroatoms. The monoisotopic (exact) mass is 429 g/mol. The molecule has 1 N–H and O–H groups in total. The third-order valence-corrected chi connectivity index (χ3v) is 7.49.